The molecule has 0 aromatic heterocycles. The van der Waals surface area contributed by atoms with Crippen LogP contribution in [-0.4, -0.2) is 17.7 Å². The van der Waals surface area contributed by atoms with E-state index >= 15 is 0 Å². The van der Waals surface area contributed by atoms with Crippen molar-refractivity contribution in [1.82, 2.24) is 0 Å². The standard InChI is InChI=1S/C8H17.Li/c1-4-6-7-8(3)5-2;/h8H,3-7H2,1-2H3;. The summed E-state index contributed by atoms with van der Waals surface area (Å²) < 4.78 is 0. The van der Waals surface area contributed by atoms with Gasteiger partial charge < -0.3 is 0 Å². The Hall–Kier alpha value is 0.597. The van der Waals surface area contributed by atoms with Crippen LogP contribution in [0.25, 0.3) is 0 Å². The van der Waals surface area contributed by atoms with Crippen LogP contribution in [0.3, 0.4) is 0 Å². The molecule has 50 valence electrons. The Labute approximate surface area is 68.6 Å². The molecule has 0 N–H and O–H groups in total. The average Bonchev–Trinajstić information content (AvgIpc) is 1.91. The summed E-state index contributed by atoms with van der Waals surface area (Å²) in [4.78, 5) is 0. The van der Waals surface area contributed by atoms with Crippen molar-refractivity contribution in [2.75, 3.05) is 0 Å². The van der Waals surface area contributed by atoms with Gasteiger partial charge in [-0.3, -0.25) is 0 Å². The van der Waals surface area contributed by atoms with Crippen molar-refractivity contribution < 1.29 is 0 Å². The summed E-state index contributed by atoms with van der Waals surface area (Å²) in [6.07, 6.45) is 5.60. The van der Waals surface area contributed by atoms with Crippen LogP contribution in [0, 0.1) is 5.92 Å². The molecule has 0 aliphatic heterocycles. The van der Waals surface area contributed by atoms with Crippen molar-refractivity contribution in [3.63, 3.8) is 0 Å². The Morgan fingerprint density at radius 1 is 1.33 bits per heavy atom. The quantitative estimate of drug-likeness (QED) is 0.489. The van der Waals surface area contributed by atoms with E-state index in [9.17, 15) is 0 Å². The molecule has 0 bridgehead atoms. The summed E-state index contributed by atoms with van der Waals surface area (Å²) in [5.74, 6) is 1.00. The second kappa shape index (κ2) is 6.71. The average molecular weight is 120 g/mol. The molecule has 0 heterocycles. The monoisotopic (exact) mass is 120 g/mol. The Balaban J connectivity index is 3.09. The van der Waals surface area contributed by atoms with Crippen LogP contribution in [0.15, 0.2) is 0 Å². The van der Waals surface area contributed by atoms with Gasteiger partial charge in [-0.1, -0.05) is 0 Å². The molecule has 0 aliphatic rings. The summed E-state index contributed by atoms with van der Waals surface area (Å²) in [5, 5.41) is 1.37. The van der Waals surface area contributed by atoms with E-state index in [4.69, 9.17) is 0 Å². The Morgan fingerprint density at radius 2 is 2.00 bits per heavy atom. The number of hydrogen-bond acceptors (Lipinski definition) is 0. The zero-order valence-corrected chi connectivity index (χ0v) is 7.11. The minimum atomic E-state index is 1.00. The fourth-order valence-electron chi connectivity index (χ4n) is 1.19. The summed E-state index contributed by atoms with van der Waals surface area (Å²) >= 11 is 2.30. The zero-order chi connectivity index (χ0) is 7.11. The summed E-state index contributed by atoms with van der Waals surface area (Å²) in [6, 6.07) is 0. The predicted octanol–water partition coefficient (Wildman–Crippen LogP) is 2.79. The van der Waals surface area contributed by atoms with Gasteiger partial charge in [0.05, 0.1) is 0 Å². The van der Waals surface area contributed by atoms with Crippen LogP contribution in [0.4, 0.5) is 0 Å². The third-order valence-electron chi connectivity index (χ3n) is 2.12. The molecular weight excluding hydrogens is 103 g/mol. The van der Waals surface area contributed by atoms with Gasteiger partial charge >= 0.3 is 68.3 Å². The molecule has 0 rings (SSSR count). The fraction of sp³-hybridized carbons (Fsp3) is 1.00. The molecule has 1 heteroatoms. The van der Waals surface area contributed by atoms with E-state index in [1.165, 1.54) is 30.8 Å². The van der Waals surface area contributed by atoms with E-state index < -0.39 is 0 Å². The van der Waals surface area contributed by atoms with Crippen LogP contribution < -0.4 is 0 Å². The van der Waals surface area contributed by atoms with Crippen LogP contribution in [-0.2, 0) is 0 Å². The van der Waals surface area contributed by atoms with Crippen LogP contribution >= 0.6 is 0 Å². The topological polar surface area (TPSA) is 0 Å². The molecule has 0 nitrogen and oxygen atoms in total. The van der Waals surface area contributed by atoms with Crippen LogP contribution in [0.1, 0.15) is 39.5 Å². The maximum absolute atomic E-state index is 2.30. The van der Waals surface area contributed by atoms with Gasteiger partial charge in [-0.2, -0.15) is 0 Å². The van der Waals surface area contributed by atoms with Crippen molar-refractivity contribution >= 4 is 17.7 Å². The maximum atomic E-state index is 2.30. The van der Waals surface area contributed by atoms with Gasteiger partial charge in [-0.25, -0.2) is 0 Å². The minimum absolute atomic E-state index is 1.00. The first kappa shape index (κ1) is 9.60. The predicted molar refractivity (Wildman–Crippen MR) is 43.9 cm³/mol. The van der Waals surface area contributed by atoms with Gasteiger partial charge in [0.25, 0.3) is 0 Å². The van der Waals surface area contributed by atoms with Gasteiger partial charge in [0.1, 0.15) is 0 Å². The van der Waals surface area contributed by atoms with Crippen molar-refractivity contribution in [2.45, 2.75) is 44.6 Å². The fourth-order valence-corrected chi connectivity index (χ4v) is 1.19. The Bertz CT molecular complexity index is 48.5. The van der Waals surface area contributed by atoms with E-state index in [0.717, 1.165) is 5.92 Å². The molecule has 0 aromatic carbocycles. The number of unbranched alkanes of at least 4 members (excludes halogenated alkanes) is 1. The van der Waals surface area contributed by atoms with Crippen molar-refractivity contribution in [3.05, 3.63) is 0 Å². The van der Waals surface area contributed by atoms with Crippen molar-refractivity contribution in [3.8, 4) is 0 Å². The van der Waals surface area contributed by atoms with Crippen LogP contribution in [0.2, 0.25) is 5.09 Å². The van der Waals surface area contributed by atoms with Gasteiger partial charge in [0.2, 0.25) is 0 Å². The Kier molecular flexibility index (Phi) is 7.16. The van der Waals surface area contributed by atoms with Gasteiger partial charge in [0, 0.05) is 0 Å². The molecule has 0 radical (unpaired) electrons. The first-order chi connectivity index (χ1) is 4.35. The molecule has 1 atom stereocenters. The summed E-state index contributed by atoms with van der Waals surface area (Å²) in [6.45, 7) is 4.56. The van der Waals surface area contributed by atoms with Gasteiger partial charge in [-0.15, -0.1) is 0 Å². The van der Waals surface area contributed by atoms with Gasteiger partial charge in [0.15, 0.2) is 0 Å². The van der Waals surface area contributed by atoms with E-state index in [0.29, 0.717) is 0 Å². The molecule has 0 fully saturated rings. The SMILES string of the molecule is [Li][CH2]C(CC)CCCC. The second-order valence-electron chi connectivity index (χ2n) is 2.82. The third kappa shape index (κ3) is 5.06. The molecule has 0 aromatic rings. The zero-order valence-electron chi connectivity index (χ0n) is 7.11. The van der Waals surface area contributed by atoms with Crippen LogP contribution in [0.5, 0.6) is 0 Å². The first-order valence-electron chi connectivity index (χ1n) is 4.35. The molecule has 9 heavy (non-hydrogen) atoms. The molecule has 0 aliphatic carbocycles. The summed E-state index contributed by atoms with van der Waals surface area (Å²) in [7, 11) is 0. The second-order valence-corrected chi connectivity index (χ2v) is 2.82. The van der Waals surface area contributed by atoms with E-state index in [-0.39, 0.29) is 0 Å². The van der Waals surface area contributed by atoms with E-state index in [2.05, 4.69) is 31.6 Å². The molecule has 0 amide bonds. The molecule has 0 saturated carbocycles. The molecular formula is C8H17Li. The van der Waals surface area contributed by atoms with Crippen molar-refractivity contribution in [1.29, 1.82) is 0 Å². The number of rotatable bonds is 5. The normalized spacial score (nSPS) is 13.8. The molecule has 0 saturated heterocycles. The Morgan fingerprint density at radius 3 is 2.33 bits per heavy atom. The van der Waals surface area contributed by atoms with Gasteiger partial charge in [-0.05, 0) is 0 Å². The number of hydrogen-bond donors (Lipinski definition) is 0. The third-order valence-corrected chi connectivity index (χ3v) is 2.12. The summed E-state index contributed by atoms with van der Waals surface area (Å²) in [5.41, 5.74) is 0. The molecule has 0 spiro atoms. The first-order valence-corrected chi connectivity index (χ1v) is 4.35. The van der Waals surface area contributed by atoms with E-state index in [1.807, 2.05) is 0 Å². The molecule has 1 unspecified atom stereocenters. The van der Waals surface area contributed by atoms with Crippen molar-refractivity contribution in [2.24, 2.45) is 5.92 Å². The van der Waals surface area contributed by atoms with E-state index in [1.54, 1.807) is 0 Å².